The number of nitrogens with one attached hydrogen (secondary N) is 1. The molecule has 0 bridgehead atoms. The van der Waals surface area contributed by atoms with Crippen molar-refractivity contribution in [1.29, 1.82) is 0 Å². The zero-order valence-corrected chi connectivity index (χ0v) is 20.0. The maximum atomic E-state index is 13.2. The molecule has 3 aromatic carbocycles. The SMILES string of the molecule is Cc1ccc(N2C(=O)NC(=O)/C(=C\c3cc(Cl)ccc3OCc3ccccc3Cl)C2=O)cc1Cl. The Labute approximate surface area is 210 Å². The van der Waals surface area contributed by atoms with E-state index in [0.29, 0.717) is 26.4 Å². The van der Waals surface area contributed by atoms with E-state index < -0.39 is 17.8 Å². The number of amides is 4. The van der Waals surface area contributed by atoms with Crippen molar-refractivity contribution < 1.29 is 19.1 Å². The Hall–Kier alpha value is -3.32. The molecule has 1 heterocycles. The summed E-state index contributed by atoms with van der Waals surface area (Å²) >= 11 is 18.5. The summed E-state index contributed by atoms with van der Waals surface area (Å²) in [6.07, 6.45) is 1.33. The van der Waals surface area contributed by atoms with Crippen LogP contribution in [0.1, 0.15) is 16.7 Å². The molecule has 9 heteroatoms. The second-order valence-corrected chi connectivity index (χ2v) is 8.70. The number of hydrogen-bond acceptors (Lipinski definition) is 4. The third-order valence-electron chi connectivity index (χ3n) is 5.13. The summed E-state index contributed by atoms with van der Waals surface area (Å²) in [7, 11) is 0. The number of benzene rings is 3. The van der Waals surface area contributed by atoms with Gasteiger partial charge in [-0.05, 0) is 55.0 Å². The van der Waals surface area contributed by atoms with Gasteiger partial charge in [0, 0.05) is 26.2 Å². The van der Waals surface area contributed by atoms with E-state index >= 15 is 0 Å². The van der Waals surface area contributed by atoms with Crippen LogP contribution in [0.25, 0.3) is 6.08 Å². The number of rotatable bonds is 5. The van der Waals surface area contributed by atoms with Gasteiger partial charge in [0.1, 0.15) is 17.9 Å². The lowest BCUT2D eigenvalue weighted by molar-refractivity contribution is -0.122. The molecule has 0 spiro atoms. The van der Waals surface area contributed by atoms with Crippen molar-refractivity contribution >= 4 is 64.4 Å². The largest absolute Gasteiger partial charge is 0.488 e. The molecule has 0 aliphatic carbocycles. The molecule has 0 unspecified atom stereocenters. The van der Waals surface area contributed by atoms with Gasteiger partial charge in [-0.15, -0.1) is 0 Å². The Morgan fingerprint density at radius 2 is 1.71 bits per heavy atom. The molecule has 3 aromatic rings. The third-order valence-corrected chi connectivity index (χ3v) is 6.14. The van der Waals surface area contributed by atoms with Crippen LogP contribution in [0.4, 0.5) is 10.5 Å². The first-order valence-corrected chi connectivity index (χ1v) is 11.2. The lowest BCUT2D eigenvalue weighted by atomic mass is 10.1. The van der Waals surface area contributed by atoms with Crippen LogP contribution in [-0.4, -0.2) is 17.8 Å². The molecule has 34 heavy (non-hydrogen) atoms. The molecule has 0 radical (unpaired) electrons. The molecule has 1 aliphatic rings. The van der Waals surface area contributed by atoms with Crippen LogP contribution >= 0.6 is 34.8 Å². The van der Waals surface area contributed by atoms with E-state index in [1.54, 1.807) is 43.3 Å². The lowest BCUT2D eigenvalue weighted by Crippen LogP contribution is -2.54. The van der Waals surface area contributed by atoms with Crippen LogP contribution in [0.15, 0.2) is 66.2 Å². The molecule has 1 saturated heterocycles. The van der Waals surface area contributed by atoms with Crippen molar-refractivity contribution in [2.75, 3.05) is 4.90 Å². The smallest absolute Gasteiger partial charge is 0.335 e. The van der Waals surface area contributed by atoms with Gasteiger partial charge in [-0.2, -0.15) is 0 Å². The number of imide groups is 2. The number of ether oxygens (including phenoxy) is 1. The zero-order chi connectivity index (χ0) is 24.4. The van der Waals surface area contributed by atoms with Gasteiger partial charge >= 0.3 is 6.03 Å². The average molecular weight is 516 g/mol. The van der Waals surface area contributed by atoms with Gasteiger partial charge in [0.25, 0.3) is 11.8 Å². The molecule has 1 fully saturated rings. The van der Waals surface area contributed by atoms with Crippen LogP contribution in [0, 0.1) is 6.92 Å². The number of barbiturate groups is 1. The Kier molecular flexibility index (Phi) is 6.93. The van der Waals surface area contributed by atoms with Gasteiger partial charge in [-0.3, -0.25) is 14.9 Å². The maximum absolute atomic E-state index is 13.2. The first kappa shape index (κ1) is 23.8. The molecule has 0 aromatic heterocycles. The van der Waals surface area contributed by atoms with E-state index in [-0.39, 0.29) is 17.9 Å². The fraction of sp³-hybridized carbons (Fsp3) is 0.0800. The Balaban J connectivity index is 1.69. The van der Waals surface area contributed by atoms with Gasteiger partial charge in [0.15, 0.2) is 0 Å². The number of halogens is 3. The molecule has 4 amide bonds. The van der Waals surface area contributed by atoms with Gasteiger partial charge in [-0.1, -0.05) is 59.1 Å². The number of carbonyl (C=O) groups is 3. The second kappa shape index (κ2) is 9.89. The van der Waals surface area contributed by atoms with Crippen LogP contribution in [0.2, 0.25) is 15.1 Å². The minimum Gasteiger partial charge on any atom is -0.488 e. The summed E-state index contributed by atoms with van der Waals surface area (Å²) < 4.78 is 5.90. The highest BCUT2D eigenvalue weighted by molar-refractivity contribution is 6.39. The Morgan fingerprint density at radius 1 is 0.941 bits per heavy atom. The zero-order valence-electron chi connectivity index (χ0n) is 17.8. The molecular weight excluding hydrogens is 499 g/mol. The number of nitrogens with zero attached hydrogens (tertiary/aromatic N) is 1. The van der Waals surface area contributed by atoms with Crippen molar-refractivity contribution in [2.45, 2.75) is 13.5 Å². The van der Waals surface area contributed by atoms with E-state index in [1.165, 1.54) is 12.1 Å². The first-order valence-electron chi connectivity index (χ1n) is 10.1. The highest BCUT2D eigenvalue weighted by Gasteiger charge is 2.37. The van der Waals surface area contributed by atoms with Crippen molar-refractivity contribution in [2.24, 2.45) is 0 Å². The highest BCUT2D eigenvalue weighted by Crippen LogP contribution is 2.30. The fourth-order valence-electron chi connectivity index (χ4n) is 3.30. The predicted molar refractivity (Wildman–Crippen MR) is 132 cm³/mol. The van der Waals surface area contributed by atoms with E-state index in [4.69, 9.17) is 39.5 Å². The standard InChI is InChI=1S/C25H17Cl3N2O4/c1-14-6-8-18(12-21(14)28)30-24(32)19(23(31)29-25(30)33)11-16-10-17(26)7-9-22(16)34-13-15-4-2-3-5-20(15)27/h2-12H,13H2,1H3,(H,29,31,33)/b19-11+. The molecule has 4 rings (SSSR count). The summed E-state index contributed by atoms with van der Waals surface area (Å²) in [6, 6.07) is 15.9. The first-order chi connectivity index (χ1) is 16.2. The number of urea groups is 1. The summed E-state index contributed by atoms with van der Waals surface area (Å²) in [4.78, 5) is 39.1. The van der Waals surface area contributed by atoms with Crippen LogP contribution in [0.3, 0.4) is 0 Å². The molecule has 1 N–H and O–H groups in total. The summed E-state index contributed by atoms with van der Waals surface area (Å²) in [5.41, 5.74) is 1.90. The second-order valence-electron chi connectivity index (χ2n) is 7.45. The van der Waals surface area contributed by atoms with Crippen molar-refractivity contribution in [3.05, 3.63) is 98.0 Å². The molecule has 0 atom stereocenters. The minimum atomic E-state index is -0.867. The normalized spacial score (nSPS) is 15.0. The van der Waals surface area contributed by atoms with Crippen LogP contribution in [0.5, 0.6) is 5.75 Å². The van der Waals surface area contributed by atoms with Gasteiger partial charge in [0.2, 0.25) is 0 Å². The van der Waals surface area contributed by atoms with Crippen LogP contribution < -0.4 is 15.0 Å². The fourth-order valence-corrected chi connectivity index (χ4v) is 3.85. The maximum Gasteiger partial charge on any atom is 0.335 e. The monoisotopic (exact) mass is 514 g/mol. The van der Waals surface area contributed by atoms with Crippen molar-refractivity contribution in [3.8, 4) is 5.75 Å². The predicted octanol–water partition coefficient (Wildman–Crippen LogP) is 6.20. The number of aryl methyl sites for hydroxylation is 1. The van der Waals surface area contributed by atoms with Crippen molar-refractivity contribution in [3.63, 3.8) is 0 Å². The number of hydrogen-bond donors (Lipinski definition) is 1. The van der Waals surface area contributed by atoms with Gasteiger partial charge < -0.3 is 4.74 Å². The lowest BCUT2D eigenvalue weighted by Gasteiger charge is -2.26. The van der Waals surface area contributed by atoms with E-state index in [9.17, 15) is 14.4 Å². The molecule has 0 saturated carbocycles. The summed E-state index contributed by atoms with van der Waals surface area (Å²) in [6.45, 7) is 1.95. The molecular formula is C25H17Cl3N2O4. The quantitative estimate of drug-likeness (QED) is 0.324. The molecule has 6 nitrogen and oxygen atoms in total. The Bertz CT molecular complexity index is 1350. The van der Waals surface area contributed by atoms with Crippen LogP contribution in [-0.2, 0) is 16.2 Å². The number of anilines is 1. The molecule has 1 aliphatic heterocycles. The minimum absolute atomic E-state index is 0.157. The topological polar surface area (TPSA) is 75.7 Å². The Morgan fingerprint density at radius 3 is 2.44 bits per heavy atom. The van der Waals surface area contributed by atoms with E-state index in [0.717, 1.165) is 16.0 Å². The van der Waals surface area contributed by atoms with Crippen molar-refractivity contribution in [1.82, 2.24) is 5.32 Å². The average Bonchev–Trinajstić information content (AvgIpc) is 2.79. The summed E-state index contributed by atoms with van der Waals surface area (Å²) in [5, 5.41) is 3.49. The molecule has 172 valence electrons. The van der Waals surface area contributed by atoms with E-state index in [2.05, 4.69) is 5.32 Å². The highest BCUT2D eigenvalue weighted by atomic mass is 35.5. The summed E-state index contributed by atoms with van der Waals surface area (Å²) in [5.74, 6) is -1.26. The number of carbonyl (C=O) groups excluding carboxylic acids is 3. The van der Waals surface area contributed by atoms with Gasteiger partial charge in [-0.25, -0.2) is 9.69 Å². The van der Waals surface area contributed by atoms with Gasteiger partial charge in [0.05, 0.1) is 5.69 Å². The van der Waals surface area contributed by atoms with E-state index in [1.807, 2.05) is 18.2 Å². The third kappa shape index (κ3) is 4.94.